The molecule has 2 atom stereocenters. The summed E-state index contributed by atoms with van der Waals surface area (Å²) < 4.78 is 33.9. The second-order valence-corrected chi connectivity index (χ2v) is 7.75. The molecule has 0 spiro atoms. The highest BCUT2D eigenvalue weighted by Gasteiger charge is 2.48. The third-order valence-electron chi connectivity index (χ3n) is 5.43. The van der Waals surface area contributed by atoms with Gasteiger partial charge in [-0.1, -0.05) is 17.7 Å². The van der Waals surface area contributed by atoms with E-state index in [0.29, 0.717) is 23.7 Å². The second-order valence-electron chi connectivity index (χ2n) is 7.36. The standard InChI is InChI=1S/C20H19ClF2N4O3/c1-30-10-7-12(22)16(13(23)8-10)11-9-24-18(28)17(11)26-19(29)27-20(5-6-20)14-3-2-4-15(21)25-14/h2-4,7-8,11,17H,5-6,9H2,1H3,(H,24,28)(H2,26,27,29)/t11-,17-/m0/s1. The number of carbonyl (C=O) groups is 2. The Morgan fingerprint density at radius 2 is 2.00 bits per heavy atom. The molecule has 4 rings (SSSR count). The normalized spacial score (nSPS) is 21.7. The average molecular weight is 437 g/mol. The summed E-state index contributed by atoms with van der Waals surface area (Å²) in [6, 6.07) is 5.45. The molecule has 2 heterocycles. The lowest BCUT2D eigenvalue weighted by Gasteiger charge is -2.23. The molecule has 1 saturated carbocycles. The zero-order chi connectivity index (χ0) is 21.5. The smallest absolute Gasteiger partial charge is 0.316 e. The van der Waals surface area contributed by atoms with Gasteiger partial charge in [0.25, 0.3) is 0 Å². The topological polar surface area (TPSA) is 92.4 Å². The Bertz CT molecular complexity index is 992. The zero-order valence-corrected chi connectivity index (χ0v) is 16.7. The van der Waals surface area contributed by atoms with Crippen LogP contribution in [0.1, 0.15) is 30.0 Å². The number of carbonyl (C=O) groups excluding carboxylic acids is 2. The first-order valence-corrected chi connectivity index (χ1v) is 9.73. The van der Waals surface area contributed by atoms with E-state index in [1.165, 1.54) is 7.11 Å². The highest BCUT2D eigenvalue weighted by atomic mass is 35.5. The molecule has 3 amide bonds. The van der Waals surface area contributed by atoms with E-state index in [2.05, 4.69) is 20.9 Å². The number of ether oxygens (including phenoxy) is 1. The van der Waals surface area contributed by atoms with Crippen molar-refractivity contribution in [1.29, 1.82) is 0 Å². The van der Waals surface area contributed by atoms with Gasteiger partial charge in [-0.2, -0.15) is 0 Å². The largest absolute Gasteiger partial charge is 0.497 e. The first-order valence-electron chi connectivity index (χ1n) is 9.35. The number of hydrogen-bond donors (Lipinski definition) is 3. The van der Waals surface area contributed by atoms with E-state index in [4.69, 9.17) is 16.3 Å². The Morgan fingerprint density at radius 3 is 2.60 bits per heavy atom. The van der Waals surface area contributed by atoms with Crippen LogP contribution in [0.5, 0.6) is 5.75 Å². The molecular weight excluding hydrogens is 418 g/mol. The molecule has 1 aliphatic carbocycles. The van der Waals surface area contributed by atoms with E-state index in [0.717, 1.165) is 12.1 Å². The molecule has 10 heteroatoms. The number of benzene rings is 1. The number of amides is 3. The third-order valence-corrected chi connectivity index (χ3v) is 5.65. The quantitative estimate of drug-likeness (QED) is 0.628. The van der Waals surface area contributed by atoms with Crippen LogP contribution in [0.3, 0.4) is 0 Å². The van der Waals surface area contributed by atoms with Crippen molar-refractivity contribution in [2.45, 2.75) is 30.3 Å². The van der Waals surface area contributed by atoms with Gasteiger partial charge in [-0.05, 0) is 25.0 Å². The molecule has 1 aromatic carbocycles. The number of nitrogens with zero attached hydrogens (tertiary/aromatic N) is 1. The number of pyridine rings is 1. The molecule has 0 bridgehead atoms. The van der Waals surface area contributed by atoms with Crippen molar-refractivity contribution in [3.05, 3.63) is 58.4 Å². The molecule has 1 aliphatic heterocycles. The van der Waals surface area contributed by atoms with Crippen LogP contribution in [0.15, 0.2) is 30.3 Å². The van der Waals surface area contributed by atoms with Gasteiger partial charge in [0.1, 0.15) is 28.6 Å². The van der Waals surface area contributed by atoms with Gasteiger partial charge in [0.2, 0.25) is 5.91 Å². The fraction of sp³-hybridized carbons (Fsp3) is 0.350. The minimum absolute atomic E-state index is 0.00899. The van der Waals surface area contributed by atoms with Crippen molar-refractivity contribution in [3.8, 4) is 5.75 Å². The van der Waals surface area contributed by atoms with Crippen LogP contribution < -0.4 is 20.7 Å². The minimum Gasteiger partial charge on any atom is -0.497 e. The van der Waals surface area contributed by atoms with Crippen LogP contribution >= 0.6 is 11.6 Å². The average Bonchev–Trinajstić information content (AvgIpc) is 3.40. The van der Waals surface area contributed by atoms with Gasteiger partial charge < -0.3 is 20.7 Å². The van der Waals surface area contributed by atoms with Crippen molar-refractivity contribution < 1.29 is 23.1 Å². The number of halogens is 3. The Morgan fingerprint density at radius 1 is 1.30 bits per heavy atom. The summed E-state index contributed by atoms with van der Waals surface area (Å²) in [4.78, 5) is 29.2. The van der Waals surface area contributed by atoms with E-state index >= 15 is 0 Å². The Hall–Kier alpha value is -2.94. The van der Waals surface area contributed by atoms with E-state index in [1.54, 1.807) is 18.2 Å². The maximum absolute atomic E-state index is 14.5. The predicted octanol–water partition coefficient (Wildman–Crippen LogP) is 2.59. The van der Waals surface area contributed by atoms with Crippen LogP contribution in [-0.4, -0.2) is 36.6 Å². The van der Waals surface area contributed by atoms with Crippen molar-refractivity contribution in [2.75, 3.05) is 13.7 Å². The fourth-order valence-corrected chi connectivity index (χ4v) is 3.89. The molecule has 2 aliphatic rings. The van der Waals surface area contributed by atoms with E-state index < -0.39 is 41.1 Å². The maximum Gasteiger partial charge on any atom is 0.316 e. The van der Waals surface area contributed by atoms with Gasteiger partial charge in [0.15, 0.2) is 0 Å². The third kappa shape index (κ3) is 3.77. The molecule has 2 aromatic rings. The van der Waals surface area contributed by atoms with Gasteiger partial charge in [0, 0.05) is 30.2 Å². The SMILES string of the molecule is COc1cc(F)c([C@@H]2CNC(=O)[C@H]2NC(=O)NC2(c3cccc(Cl)n3)CC2)c(F)c1. The molecule has 3 N–H and O–H groups in total. The second kappa shape index (κ2) is 7.71. The summed E-state index contributed by atoms with van der Waals surface area (Å²) in [6.45, 7) is -0.00899. The summed E-state index contributed by atoms with van der Waals surface area (Å²) >= 11 is 5.94. The van der Waals surface area contributed by atoms with Gasteiger partial charge in [0.05, 0.1) is 18.3 Å². The summed E-state index contributed by atoms with van der Waals surface area (Å²) in [7, 11) is 1.30. The maximum atomic E-state index is 14.5. The van der Waals surface area contributed by atoms with E-state index in [1.807, 2.05) is 0 Å². The summed E-state index contributed by atoms with van der Waals surface area (Å²) in [5.74, 6) is -3.09. The van der Waals surface area contributed by atoms with Crippen LogP contribution in [-0.2, 0) is 10.3 Å². The molecule has 1 aromatic heterocycles. The van der Waals surface area contributed by atoms with Gasteiger partial charge in [-0.25, -0.2) is 18.6 Å². The molecule has 7 nitrogen and oxygen atoms in total. The Balaban J connectivity index is 1.52. The lowest BCUT2D eigenvalue weighted by atomic mass is 9.93. The highest BCUT2D eigenvalue weighted by Crippen LogP contribution is 2.44. The molecule has 0 radical (unpaired) electrons. The minimum atomic E-state index is -1.13. The summed E-state index contributed by atoms with van der Waals surface area (Å²) in [6.07, 6.45) is 1.32. The molecule has 0 unspecified atom stereocenters. The van der Waals surface area contributed by atoms with Gasteiger partial charge in [-0.15, -0.1) is 0 Å². The summed E-state index contributed by atoms with van der Waals surface area (Å²) in [5.41, 5.74) is -0.335. The summed E-state index contributed by atoms with van der Waals surface area (Å²) in [5, 5.41) is 8.23. The Labute approximate surface area is 176 Å². The van der Waals surface area contributed by atoms with Gasteiger partial charge >= 0.3 is 6.03 Å². The van der Waals surface area contributed by atoms with Crippen LogP contribution in [0.4, 0.5) is 13.6 Å². The van der Waals surface area contributed by atoms with Gasteiger partial charge in [-0.3, -0.25) is 4.79 Å². The lowest BCUT2D eigenvalue weighted by molar-refractivity contribution is -0.120. The van der Waals surface area contributed by atoms with Crippen molar-refractivity contribution in [1.82, 2.24) is 20.9 Å². The zero-order valence-electron chi connectivity index (χ0n) is 16.0. The van der Waals surface area contributed by atoms with Crippen molar-refractivity contribution in [3.63, 3.8) is 0 Å². The predicted molar refractivity (Wildman–Crippen MR) is 104 cm³/mol. The Kier molecular flexibility index (Phi) is 5.23. The van der Waals surface area contributed by atoms with Crippen molar-refractivity contribution >= 4 is 23.5 Å². The van der Waals surface area contributed by atoms with Crippen molar-refractivity contribution in [2.24, 2.45) is 0 Å². The number of methoxy groups -OCH3 is 1. The number of nitrogens with one attached hydrogen (secondary N) is 3. The van der Waals surface area contributed by atoms with Crippen LogP contribution in [0, 0.1) is 11.6 Å². The number of hydrogen-bond acceptors (Lipinski definition) is 4. The molecular formula is C20H19ClF2N4O3. The monoisotopic (exact) mass is 436 g/mol. The molecule has 1 saturated heterocycles. The number of rotatable bonds is 5. The van der Waals surface area contributed by atoms with E-state index in [9.17, 15) is 18.4 Å². The molecule has 158 valence electrons. The molecule has 2 fully saturated rings. The lowest BCUT2D eigenvalue weighted by Crippen LogP contribution is -2.50. The van der Waals surface area contributed by atoms with Crippen LogP contribution in [0.2, 0.25) is 5.15 Å². The number of aromatic nitrogens is 1. The fourth-order valence-electron chi connectivity index (χ4n) is 3.73. The molecule has 30 heavy (non-hydrogen) atoms. The van der Waals surface area contributed by atoms with Crippen LogP contribution in [0.25, 0.3) is 0 Å². The number of urea groups is 1. The highest BCUT2D eigenvalue weighted by molar-refractivity contribution is 6.29. The first kappa shape index (κ1) is 20.3. The first-order chi connectivity index (χ1) is 14.3. The van der Waals surface area contributed by atoms with E-state index in [-0.39, 0.29) is 17.9 Å².